The van der Waals surface area contributed by atoms with Gasteiger partial charge in [-0.15, -0.1) is 11.3 Å². The van der Waals surface area contributed by atoms with Crippen LogP contribution in [0.5, 0.6) is 5.75 Å². The molecule has 3 heterocycles. The minimum absolute atomic E-state index is 0.00128. The number of likely N-dealkylation sites (tertiary alicyclic amines) is 1. The number of aromatic nitrogens is 2. The van der Waals surface area contributed by atoms with Crippen LogP contribution in [0.25, 0.3) is 0 Å². The Morgan fingerprint density at radius 2 is 1.97 bits per heavy atom. The van der Waals surface area contributed by atoms with Crippen molar-refractivity contribution in [2.75, 3.05) is 19.6 Å². The van der Waals surface area contributed by atoms with Crippen LogP contribution < -0.4 is 10.1 Å². The summed E-state index contributed by atoms with van der Waals surface area (Å²) in [4.78, 5) is 22.9. The summed E-state index contributed by atoms with van der Waals surface area (Å²) in [6, 6.07) is 6.98. The Kier molecular flexibility index (Phi) is 8.02. The number of piperidine rings is 1. The summed E-state index contributed by atoms with van der Waals surface area (Å²) < 4.78 is 47.4. The molecule has 2 aromatic heterocycles. The predicted octanol–water partition coefficient (Wildman–Crippen LogP) is 5.28. The molecule has 1 amide bonds. The van der Waals surface area contributed by atoms with Gasteiger partial charge in [0, 0.05) is 32.0 Å². The molecule has 34 heavy (non-hydrogen) atoms. The van der Waals surface area contributed by atoms with Gasteiger partial charge in [-0.3, -0.25) is 14.7 Å². The van der Waals surface area contributed by atoms with Gasteiger partial charge in [0.05, 0.1) is 27.0 Å². The third-order valence-corrected chi connectivity index (χ3v) is 6.91. The SMILES string of the molecule is O=C(NCC(c1scnc1C(F)F)N1CCC(Oc2ccncc2)CC1)c1c(F)cccc1Cl. The van der Waals surface area contributed by atoms with Gasteiger partial charge in [-0.25, -0.2) is 18.2 Å². The summed E-state index contributed by atoms with van der Waals surface area (Å²) in [5.74, 6) is -0.727. The Morgan fingerprint density at radius 3 is 2.65 bits per heavy atom. The molecule has 11 heteroatoms. The van der Waals surface area contributed by atoms with Crippen LogP contribution in [0.4, 0.5) is 13.2 Å². The summed E-state index contributed by atoms with van der Waals surface area (Å²) in [5.41, 5.74) is 0.799. The molecule has 3 aromatic rings. The number of pyridine rings is 1. The van der Waals surface area contributed by atoms with E-state index in [1.54, 1.807) is 24.5 Å². The lowest BCUT2D eigenvalue weighted by Crippen LogP contribution is -2.44. The number of hydrogen-bond donors (Lipinski definition) is 1. The second-order valence-corrected chi connectivity index (χ2v) is 9.05. The van der Waals surface area contributed by atoms with Gasteiger partial charge in [0.15, 0.2) is 0 Å². The number of ether oxygens (including phenoxy) is 1. The van der Waals surface area contributed by atoms with Crippen LogP contribution in [0.2, 0.25) is 5.02 Å². The first-order valence-corrected chi connectivity index (χ1v) is 11.9. The highest BCUT2D eigenvalue weighted by molar-refractivity contribution is 7.09. The molecule has 1 aromatic carbocycles. The van der Waals surface area contributed by atoms with Crippen molar-refractivity contribution in [3.05, 3.63) is 75.2 Å². The van der Waals surface area contributed by atoms with Gasteiger partial charge < -0.3 is 10.1 Å². The van der Waals surface area contributed by atoms with E-state index in [9.17, 15) is 18.0 Å². The molecule has 1 unspecified atom stereocenters. The molecule has 0 bridgehead atoms. The summed E-state index contributed by atoms with van der Waals surface area (Å²) >= 11 is 7.12. The molecule has 1 aliphatic rings. The zero-order valence-corrected chi connectivity index (χ0v) is 19.5. The van der Waals surface area contributed by atoms with Gasteiger partial charge in [0.1, 0.15) is 23.4 Å². The molecular weight excluding hydrogens is 489 g/mol. The molecule has 0 radical (unpaired) electrons. The first-order valence-electron chi connectivity index (χ1n) is 10.7. The van der Waals surface area contributed by atoms with Crippen molar-refractivity contribution in [1.82, 2.24) is 20.2 Å². The molecule has 0 saturated carbocycles. The minimum Gasteiger partial charge on any atom is -0.490 e. The van der Waals surface area contributed by atoms with E-state index in [1.165, 1.54) is 17.6 Å². The van der Waals surface area contributed by atoms with Crippen molar-refractivity contribution in [1.29, 1.82) is 0 Å². The maximum atomic E-state index is 14.2. The van der Waals surface area contributed by atoms with E-state index >= 15 is 0 Å². The highest BCUT2D eigenvalue weighted by atomic mass is 35.5. The Bertz CT molecular complexity index is 1090. The Balaban J connectivity index is 1.48. The molecule has 1 fully saturated rings. The van der Waals surface area contributed by atoms with Crippen molar-refractivity contribution in [3.8, 4) is 5.75 Å². The van der Waals surface area contributed by atoms with Gasteiger partial charge in [0.2, 0.25) is 0 Å². The molecule has 180 valence electrons. The zero-order chi connectivity index (χ0) is 24.1. The normalized spacial score (nSPS) is 15.9. The van der Waals surface area contributed by atoms with E-state index in [1.807, 2.05) is 4.90 Å². The van der Waals surface area contributed by atoms with Crippen molar-refractivity contribution < 1.29 is 22.7 Å². The number of hydrogen-bond acceptors (Lipinski definition) is 6. The number of nitrogens with one attached hydrogen (secondary N) is 1. The lowest BCUT2D eigenvalue weighted by atomic mass is 10.0. The van der Waals surface area contributed by atoms with Crippen LogP contribution >= 0.6 is 22.9 Å². The Morgan fingerprint density at radius 1 is 1.24 bits per heavy atom. The molecule has 1 atom stereocenters. The van der Waals surface area contributed by atoms with E-state index in [-0.39, 0.29) is 28.9 Å². The average molecular weight is 511 g/mol. The number of alkyl halides is 2. The summed E-state index contributed by atoms with van der Waals surface area (Å²) in [6.45, 7) is 1.13. The number of carbonyl (C=O) groups is 1. The molecule has 0 aliphatic carbocycles. The lowest BCUT2D eigenvalue weighted by Gasteiger charge is -2.37. The van der Waals surface area contributed by atoms with Gasteiger partial charge in [0.25, 0.3) is 12.3 Å². The number of thiazole rings is 1. The quantitative estimate of drug-likeness (QED) is 0.446. The maximum Gasteiger partial charge on any atom is 0.281 e. The molecular formula is C23H22ClF3N4O2S. The number of amides is 1. The van der Waals surface area contributed by atoms with E-state index in [2.05, 4.69) is 15.3 Å². The van der Waals surface area contributed by atoms with E-state index in [0.717, 1.165) is 23.2 Å². The third kappa shape index (κ3) is 5.68. The van der Waals surface area contributed by atoms with E-state index < -0.39 is 24.2 Å². The lowest BCUT2D eigenvalue weighted by molar-refractivity contribution is 0.0702. The van der Waals surface area contributed by atoms with Crippen molar-refractivity contribution in [2.24, 2.45) is 0 Å². The van der Waals surface area contributed by atoms with Crippen LogP contribution in [0.15, 0.2) is 48.2 Å². The minimum atomic E-state index is -2.74. The largest absolute Gasteiger partial charge is 0.490 e. The van der Waals surface area contributed by atoms with E-state index in [0.29, 0.717) is 30.8 Å². The summed E-state index contributed by atoms with van der Waals surface area (Å²) in [5, 5.41) is 2.65. The zero-order valence-electron chi connectivity index (χ0n) is 18.0. The molecule has 1 saturated heterocycles. The number of benzene rings is 1. The third-order valence-electron chi connectivity index (χ3n) is 5.65. The highest BCUT2D eigenvalue weighted by Crippen LogP contribution is 2.34. The Hall–Kier alpha value is -2.69. The molecule has 6 nitrogen and oxygen atoms in total. The molecule has 1 N–H and O–H groups in total. The smallest absolute Gasteiger partial charge is 0.281 e. The summed E-state index contributed by atoms with van der Waals surface area (Å²) in [6.07, 6.45) is 1.89. The van der Waals surface area contributed by atoms with Crippen molar-refractivity contribution in [2.45, 2.75) is 31.4 Å². The monoisotopic (exact) mass is 510 g/mol. The van der Waals surface area contributed by atoms with Gasteiger partial charge in [-0.1, -0.05) is 17.7 Å². The number of nitrogens with zero attached hydrogens (tertiary/aromatic N) is 3. The second kappa shape index (κ2) is 11.2. The molecule has 1 aliphatic heterocycles. The summed E-state index contributed by atoms with van der Waals surface area (Å²) in [7, 11) is 0. The van der Waals surface area contributed by atoms with Crippen LogP contribution in [0, 0.1) is 5.82 Å². The first kappa shape index (κ1) is 24.4. The van der Waals surface area contributed by atoms with Crippen LogP contribution in [-0.4, -0.2) is 46.5 Å². The second-order valence-electron chi connectivity index (χ2n) is 7.76. The average Bonchev–Trinajstić information content (AvgIpc) is 3.31. The molecule has 4 rings (SSSR count). The van der Waals surface area contributed by atoms with Gasteiger partial charge >= 0.3 is 0 Å². The number of carbonyl (C=O) groups excluding carboxylic acids is 1. The maximum absolute atomic E-state index is 14.2. The van der Waals surface area contributed by atoms with Gasteiger partial charge in [-0.2, -0.15) is 0 Å². The predicted molar refractivity (Wildman–Crippen MR) is 123 cm³/mol. The highest BCUT2D eigenvalue weighted by Gasteiger charge is 2.32. The van der Waals surface area contributed by atoms with Crippen LogP contribution in [0.3, 0.4) is 0 Å². The van der Waals surface area contributed by atoms with Crippen LogP contribution in [0.1, 0.15) is 46.2 Å². The fourth-order valence-electron chi connectivity index (χ4n) is 3.97. The topological polar surface area (TPSA) is 67.4 Å². The standard InChI is InChI=1S/C23H22ClF3N4O2S/c24-16-2-1-3-17(25)19(16)23(32)29-12-18(21-20(22(26)27)30-13-34-21)31-10-6-15(7-11-31)33-14-4-8-28-9-5-14/h1-5,8-9,13,15,18,22H,6-7,10-12H2,(H,29,32). The number of halogens is 4. The fourth-order valence-corrected chi connectivity index (χ4v) is 5.15. The Labute approximate surface area is 203 Å². The number of rotatable bonds is 8. The molecule has 0 spiro atoms. The fraction of sp³-hybridized carbons (Fsp3) is 0.348. The van der Waals surface area contributed by atoms with Crippen LogP contribution in [-0.2, 0) is 0 Å². The van der Waals surface area contributed by atoms with Crippen molar-refractivity contribution in [3.63, 3.8) is 0 Å². The van der Waals surface area contributed by atoms with Crippen molar-refractivity contribution >= 4 is 28.8 Å². The first-order chi connectivity index (χ1) is 16.4. The van der Waals surface area contributed by atoms with Gasteiger partial charge in [-0.05, 0) is 37.1 Å². The van der Waals surface area contributed by atoms with E-state index in [4.69, 9.17) is 16.3 Å².